The quantitative estimate of drug-likeness (QED) is 0.748. The van der Waals surface area contributed by atoms with Crippen LogP contribution in [-0.2, 0) is 9.53 Å². The van der Waals surface area contributed by atoms with E-state index < -0.39 is 0 Å². The van der Waals surface area contributed by atoms with Crippen LogP contribution in [0.2, 0.25) is 4.47 Å². The molecule has 2 rings (SSSR count). The van der Waals surface area contributed by atoms with E-state index in [1.54, 1.807) is 4.90 Å². The van der Waals surface area contributed by atoms with E-state index in [1.165, 1.54) is 7.11 Å². The molecule has 0 N–H and O–H groups in total. The SMILES string of the molecule is COC(=O)C1CCN(C(=O)c2nnc(Cl)s2)C1. The third-order valence-electron chi connectivity index (χ3n) is 2.59. The highest BCUT2D eigenvalue weighted by molar-refractivity contribution is 7.17. The third kappa shape index (κ3) is 2.55. The smallest absolute Gasteiger partial charge is 0.310 e. The molecule has 92 valence electrons. The van der Waals surface area contributed by atoms with Crippen LogP contribution in [0, 0.1) is 5.92 Å². The van der Waals surface area contributed by atoms with Gasteiger partial charge in [0.1, 0.15) is 0 Å². The first-order valence-electron chi connectivity index (χ1n) is 4.98. The molecule has 1 unspecified atom stereocenters. The van der Waals surface area contributed by atoms with Crippen LogP contribution in [0.15, 0.2) is 0 Å². The average molecular weight is 276 g/mol. The molecule has 0 radical (unpaired) electrons. The first kappa shape index (κ1) is 12.3. The second-order valence-corrected chi connectivity index (χ2v) is 5.18. The molecule has 0 spiro atoms. The highest BCUT2D eigenvalue weighted by Gasteiger charge is 2.33. The zero-order valence-corrected chi connectivity index (χ0v) is 10.6. The fraction of sp³-hybridized carbons (Fsp3) is 0.556. The molecule has 1 saturated heterocycles. The van der Waals surface area contributed by atoms with Crippen molar-refractivity contribution in [2.45, 2.75) is 6.42 Å². The molecular formula is C9H10ClN3O3S. The summed E-state index contributed by atoms with van der Waals surface area (Å²) in [5.74, 6) is -0.760. The lowest BCUT2D eigenvalue weighted by atomic mass is 10.1. The lowest BCUT2D eigenvalue weighted by Crippen LogP contribution is -2.30. The summed E-state index contributed by atoms with van der Waals surface area (Å²) < 4.78 is 4.88. The summed E-state index contributed by atoms with van der Waals surface area (Å²) in [5.41, 5.74) is 0. The monoisotopic (exact) mass is 275 g/mol. The molecule has 8 heteroatoms. The van der Waals surface area contributed by atoms with Crippen molar-refractivity contribution in [1.82, 2.24) is 15.1 Å². The number of hydrogen-bond donors (Lipinski definition) is 0. The first-order valence-corrected chi connectivity index (χ1v) is 6.17. The minimum Gasteiger partial charge on any atom is -0.469 e. The fourth-order valence-electron chi connectivity index (χ4n) is 1.73. The second-order valence-electron chi connectivity index (χ2n) is 3.62. The minimum absolute atomic E-state index is 0.233. The molecule has 1 aliphatic rings. The number of carbonyl (C=O) groups excluding carboxylic acids is 2. The zero-order valence-electron chi connectivity index (χ0n) is 9.05. The Morgan fingerprint density at radius 1 is 1.53 bits per heavy atom. The molecule has 1 fully saturated rings. The van der Waals surface area contributed by atoms with Crippen LogP contribution in [0.25, 0.3) is 0 Å². The number of carbonyl (C=O) groups is 2. The highest BCUT2D eigenvalue weighted by atomic mass is 35.5. The van der Waals surface area contributed by atoms with E-state index in [4.69, 9.17) is 11.6 Å². The number of rotatable bonds is 2. The highest BCUT2D eigenvalue weighted by Crippen LogP contribution is 2.22. The van der Waals surface area contributed by atoms with Crippen LogP contribution in [0.3, 0.4) is 0 Å². The number of halogens is 1. The Hall–Kier alpha value is -1.21. The van der Waals surface area contributed by atoms with Crippen LogP contribution >= 0.6 is 22.9 Å². The molecule has 0 saturated carbocycles. The van der Waals surface area contributed by atoms with E-state index in [1.807, 2.05) is 0 Å². The maximum absolute atomic E-state index is 11.9. The lowest BCUT2D eigenvalue weighted by molar-refractivity contribution is -0.144. The topological polar surface area (TPSA) is 72.4 Å². The Labute approximate surface area is 107 Å². The van der Waals surface area contributed by atoms with Crippen LogP contribution in [0.1, 0.15) is 16.2 Å². The Morgan fingerprint density at radius 2 is 2.29 bits per heavy atom. The molecule has 0 aliphatic carbocycles. The Balaban J connectivity index is 2.01. The molecule has 0 aromatic carbocycles. The van der Waals surface area contributed by atoms with Gasteiger partial charge in [0.15, 0.2) is 0 Å². The minimum atomic E-state index is -0.282. The Bertz CT molecular complexity index is 450. The van der Waals surface area contributed by atoms with E-state index in [2.05, 4.69) is 14.9 Å². The number of methoxy groups -OCH3 is 1. The van der Waals surface area contributed by atoms with Gasteiger partial charge in [0.25, 0.3) is 5.91 Å². The van der Waals surface area contributed by atoms with Crippen molar-refractivity contribution >= 4 is 34.8 Å². The van der Waals surface area contributed by atoms with Gasteiger partial charge in [-0.1, -0.05) is 11.3 Å². The van der Waals surface area contributed by atoms with Crippen molar-refractivity contribution in [2.24, 2.45) is 5.92 Å². The Kier molecular flexibility index (Phi) is 3.58. The van der Waals surface area contributed by atoms with Gasteiger partial charge in [-0.2, -0.15) is 0 Å². The van der Waals surface area contributed by atoms with Gasteiger partial charge in [-0.25, -0.2) is 0 Å². The standard InChI is InChI=1S/C9H10ClN3O3S/c1-16-8(15)5-2-3-13(4-5)7(14)6-11-12-9(10)17-6/h5H,2-4H2,1H3. The third-order valence-corrected chi connectivity index (χ3v) is 3.60. The van der Waals surface area contributed by atoms with Gasteiger partial charge >= 0.3 is 5.97 Å². The van der Waals surface area contributed by atoms with Crippen molar-refractivity contribution in [1.29, 1.82) is 0 Å². The summed E-state index contributed by atoms with van der Waals surface area (Å²) in [5, 5.41) is 7.50. The largest absolute Gasteiger partial charge is 0.469 e. The second kappa shape index (κ2) is 4.97. The van der Waals surface area contributed by atoms with Crippen molar-refractivity contribution in [3.8, 4) is 0 Å². The fourth-order valence-corrected chi connectivity index (χ4v) is 2.53. The van der Waals surface area contributed by atoms with E-state index in [9.17, 15) is 9.59 Å². The number of ether oxygens (including phenoxy) is 1. The molecule has 6 nitrogen and oxygen atoms in total. The van der Waals surface area contributed by atoms with Gasteiger partial charge in [0, 0.05) is 13.1 Å². The molecule has 0 bridgehead atoms. The summed E-state index contributed by atoms with van der Waals surface area (Å²) in [4.78, 5) is 24.8. The van der Waals surface area contributed by atoms with E-state index in [0.717, 1.165) is 11.3 Å². The maximum atomic E-state index is 11.9. The van der Waals surface area contributed by atoms with Gasteiger partial charge in [-0.05, 0) is 18.0 Å². The predicted molar refractivity (Wildman–Crippen MR) is 60.9 cm³/mol. The molecule has 1 aliphatic heterocycles. The number of likely N-dealkylation sites (tertiary alicyclic amines) is 1. The van der Waals surface area contributed by atoms with E-state index in [0.29, 0.717) is 19.5 Å². The summed E-state index contributed by atoms with van der Waals surface area (Å²) in [6, 6.07) is 0. The molecule has 1 atom stereocenters. The number of nitrogens with zero attached hydrogens (tertiary/aromatic N) is 3. The van der Waals surface area contributed by atoms with Crippen LogP contribution in [0.5, 0.6) is 0 Å². The first-order chi connectivity index (χ1) is 8.11. The van der Waals surface area contributed by atoms with Crippen LogP contribution < -0.4 is 0 Å². The number of esters is 1. The molecular weight excluding hydrogens is 266 g/mol. The summed E-state index contributed by atoms with van der Waals surface area (Å²) in [6.45, 7) is 0.887. The zero-order chi connectivity index (χ0) is 12.4. The van der Waals surface area contributed by atoms with Gasteiger partial charge in [-0.3, -0.25) is 9.59 Å². The van der Waals surface area contributed by atoms with Crippen molar-refractivity contribution in [2.75, 3.05) is 20.2 Å². The maximum Gasteiger partial charge on any atom is 0.310 e. The van der Waals surface area contributed by atoms with E-state index in [-0.39, 0.29) is 27.3 Å². The van der Waals surface area contributed by atoms with Crippen molar-refractivity contribution in [3.05, 3.63) is 9.47 Å². The number of aromatic nitrogens is 2. The van der Waals surface area contributed by atoms with E-state index >= 15 is 0 Å². The van der Waals surface area contributed by atoms with Crippen LogP contribution in [0.4, 0.5) is 0 Å². The normalized spacial score (nSPS) is 19.4. The number of amides is 1. The molecule has 1 amide bonds. The van der Waals surface area contributed by atoms with Gasteiger partial charge < -0.3 is 9.64 Å². The molecule has 1 aromatic rings. The molecule has 2 heterocycles. The van der Waals surface area contributed by atoms with Gasteiger partial charge in [0.05, 0.1) is 13.0 Å². The summed E-state index contributed by atoms with van der Waals surface area (Å²) in [6.07, 6.45) is 0.616. The van der Waals surface area contributed by atoms with Gasteiger partial charge in [-0.15, -0.1) is 10.2 Å². The van der Waals surface area contributed by atoms with Crippen LogP contribution in [-0.4, -0.2) is 47.2 Å². The predicted octanol–water partition coefficient (Wildman–Crippen LogP) is 0.827. The molecule has 17 heavy (non-hydrogen) atoms. The van der Waals surface area contributed by atoms with Crippen molar-refractivity contribution in [3.63, 3.8) is 0 Å². The lowest BCUT2D eigenvalue weighted by Gasteiger charge is -2.13. The Morgan fingerprint density at radius 3 is 2.88 bits per heavy atom. The summed E-state index contributed by atoms with van der Waals surface area (Å²) in [7, 11) is 1.34. The van der Waals surface area contributed by atoms with Crippen molar-refractivity contribution < 1.29 is 14.3 Å². The van der Waals surface area contributed by atoms with Gasteiger partial charge in [0.2, 0.25) is 9.47 Å². The average Bonchev–Trinajstić information content (AvgIpc) is 2.95. The number of hydrogen-bond acceptors (Lipinski definition) is 6. The summed E-state index contributed by atoms with van der Waals surface area (Å²) >= 11 is 6.65. The molecule has 1 aromatic heterocycles.